The summed E-state index contributed by atoms with van der Waals surface area (Å²) in [5, 5.41) is 4.01. The van der Waals surface area contributed by atoms with Gasteiger partial charge in [0.05, 0.1) is 5.71 Å². The van der Waals surface area contributed by atoms with Gasteiger partial charge in [-0.3, -0.25) is 0 Å². The lowest BCUT2D eigenvalue weighted by atomic mass is 9.84. The highest BCUT2D eigenvalue weighted by molar-refractivity contribution is 5.90. The van der Waals surface area contributed by atoms with Crippen LogP contribution in [0.4, 0.5) is 0 Å². The first kappa shape index (κ1) is 10.5. The molecule has 0 aliphatic rings. The fourth-order valence-corrected chi connectivity index (χ4v) is 1.21. The third-order valence-electron chi connectivity index (χ3n) is 1.50. The molecule has 2 heteroatoms. The van der Waals surface area contributed by atoms with Crippen LogP contribution in [0.1, 0.15) is 34.6 Å². The molecule has 0 saturated carbocycles. The maximum atomic E-state index is 4.78. The number of nitrogens with zero attached hydrogens (tertiary/aromatic N) is 1. The first-order chi connectivity index (χ1) is 4.89. The largest absolute Gasteiger partial charge is 0.399 e. The molecule has 0 rings (SSSR count). The highest BCUT2D eigenvalue weighted by Crippen LogP contribution is 2.21. The smallest absolute Gasteiger partial charge is 0.106 e. The highest BCUT2D eigenvalue weighted by Gasteiger charge is 2.22. The van der Waals surface area contributed by atoms with Crippen LogP contribution in [-0.2, 0) is 4.84 Å². The Labute approximate surface area is 69.6 Å². The number of rotatable bonds is 2. The van der Waals surface area contributed by atoms with Crippen molar-refractivity contribution in [3.8, 4) is 0 Å². The van der Waals surface area contributed by atoms with E-state index < -0.39 is 0 Å². The predicted octanol–water partition coefficient (Wildman–Crippen LogP) is 2.69. The third kappa shape index (κ3) is 3.40. The molecule has 0 fully saturated rings. The Balaban J connectivity index is 4.49. The van der Waals surface area contributed by atoms with E-state index in [4.69, 9.17) is 4.84 Å². The summed E-state index contributed by atoms with van der Waals surface area (Å²) >= 11 is 0. The molecule has 0 N–H and O–H groups in total. The van der Waals surface area contributed by atoms with Gasteiger partial charge < -0.3 is 4.84 Å². The van der Waals surface area contributed by atoms with Gasteiger partial charge in [-0.15, -0.1) is 0 Å². The van der Waals surface area contributed by atoms with Gasteiger partial charge >= 0.3 is 0 Å². The summed E-state index contributed by atoms with van der Waals surface area (Å²) in [6.07, 6.45) is 0. The minimum Gasteiger partial charge on any atom is -0.399 e. The van der Waals surface area contributed by atoms with Crippen LogP contribution in [0.5, 0.6) is 0 Å². The van der Waals surface area contributed by atoms with Gasteiger partial charge in [-0.1, -0.05) is 39.8 Å². The Morgan fingerprint density at radius 1 is 1.27 bits per heavy atom. The average molecular weight is 157 g/mol. The Morgan fingerprint density at radius 3 is 1.82 bits per heavy atom. The molecular formula is C9H19NO. The molecule has 0 aliphatic carbocycles. The van der Waals surface area contributed by atoms with Gasteiger partial charge in [-0.25, -0.2) is 0 Å². The Kier molecular flexibility index (Phi) is 3.56. The molecule has 0 aromatic rings. The zero-order chi connectivity index (χ0) is 9.07. The molecule has 0 bridgehead atoms. The van der Waals surface area contributed by atoms with Crippen LogP contribution in [-0.4, -0.2) is 12.8 Å². The zero-order valence-corrected chi connectivity index (χ0v) is 8.43. The van der Waals surface area contributed by atoms with E-state index in [2.05, 4.69) is 39.8 Å². The number of oxime groups is 1. The van der Waals surface area contributed by atoms with Gasteiger partial charge in [0.1, 0.15) is 7.11 Å². The Hall–Kier alpha value is -0.530. The summed E-state index contributed by atoms with van der Waals surface area (Å²) < 4.78 is 0. The predicted molar refractivity (Wildman–Crippen MR) is 48.7 cm³/mol. The van der Waals surface area contributed by atoms with Crippen molar-refractivity contribution in [2.75, 3.05) is 7.11 Å². The summed E-state index contributed by atoms with van der Waals surface area (Å²) in [6.45, 7) is 10.7. The van der Waals surface area contributed by atoms with Crippen LogP contribution in [0.3, 0.4) is 0 Å². The Morgan fingerprint density at radius 2 is 1.73 bits per heavy atom. The van der Waals surface area contributed by atoms with Crippen LogP contribution < -0.4 is 0 Å². The van der Waals surface area contributed by atoms with Crippen molar-refractivity contribution in [1.82, 2.24) is 0 Å². The van der Waals surface area contributed by atoms with Crippen molar-refractivity contribution in [2.24, 2.45) is 16.5 Å². The van der Waals surface area contributed by atoms with E-state index in [1.54, 1.807) is 7.11 Å². The van der Waals surface area contributed by atoms with Crippen molar-refractivity contribution >= 4 is 5.71 Å². The van der Waals surface area contributed by atoms with Crippen LogP contribution in [0, 0.1) is 11.3 Å². The van der Waals surface area contributed by atoms with Crippen LogP contribution in [0.2, 0.25) is 0 Å². The Bertz CT molecular complexity index is 142. The summed E-state index contributed by atoms with van der Waals surface area (Å²) in [4.78, 5) is 4.78. The minimum atomic E-state index is 0.115. The molecule has 0 amide bonds. The SMILES string of the molecule is CO/N=C(/C(C)C)C(C)(C)C. The minimum absolute atomic E-state index is 0.115. The van der Waals surface area contributed by atoms with Gasteiger partial charge in [-0.2, -0.15) is 0 Å². The molecule has 0 spiro atoms. The van der Waals surface area contributed by atoms with E-state index in [1.807, 2.05) is 0 Å². The van der Waals surface area contributed by atoms with E-state index >= 15 is 0 Å². The normalized spacial score (nSPS) is 13.9. The van der Waals surface area contributed by atoms with Crippen LogP contribution in [0.15, 0.2) is 5.16 Å². The summed E-state index contributed by atoms with van der Waals surface area (Å²) in [6, 6.07) is 0. The van der Waals surface area contributed by atoms with Gasteiger partial charge in [0.25, 0.3) is 0 Å². The molecule has 0 atom stereocenters. The molecule has 0 saturated heterocycles. The maximum Gasteiger partial charge on any atom is 0.106 e. The first-order valence-electron chi connectivity index (χ1n) is 4.01. The van der Waals surface area contributed by atoms with Gasteiger partial charge in [0.15, 0.2) is 0 Å². The fourth-order valence-electron chi connectivity index (χ4n) is 1.21. The standard InChI is InChI=1S/C9H19NO/c1-7(2)8(10-11-6)9(3,4)5/h7H,1-6H3/b10-8-. The molecule has 2 nitrogen and oxygen atoms in total. The van der Waals surface area contributed by atoms with E-state index in [0.717, 1.165) is 5.71 Å². The van der Waals surface area contributed by atoms with E-state index in [1.165, 1.54) is 0 Å². The van der Waals surface area contributed by atoms with Crippen molar-refractivity contribution in [3.05, 3.63) is 0 Å². The lowest BCUT2D eigenvalue weighted by molar-refractivity contribution is 0.206. The molecule has 0 aromatic heterocycles. The molecule has 11 heavy (non-hydrogen) atoms. The zero-order valence-electron chi connectivity index (χ0n) is 8.43. The van der Waals surface area contributed by atoms with Gasteiger partial charge in [0, 0.05) is 5.41 Å². The van der Waals surface area contributed by atoms with E-state index in [9.17, 15) is 0 Å². The van der Waals surface area contributed by atoms with Crippen molar-refractivity contribution in [2.45, 2.75) is 34.6 Å². The fraction of sp³-hybridized carbons (Fsp3) is 0.889. The van der Waals surface area contributed by atoms with Crippen molar-refractivity contribution in [3.63, 3.8) is 0 Å². The van der Waals surface area contributed by atoms with Gasteiger partial charge in [0.2, 0.25) is 0 Å². The second kappa shape index (κ2) is 3.74. The lowest BCUT2D eigenvalue weighted by Gasteiger charge is -2.23. The van der Waals surface area contributed by atoms with Crippen molar-refractivity contribution < 1.29 is 4.84 Å². The monoisotopic (exact) mass is 157 g/mol. The molecule has 0 aromatic carbocycles. The van der Waals surface area contributed by atoms with E-state index in [0.29, 0.717) is 5.92 Å². The summed E-state index contributed by atoms with van der Waals surface area (Å²) in [7, 11) is 1.59. The lowest BCUT2D eigenvalue weighted by Crippen LogP contribution is -2.25. The summed E-state index contributed by atoms with van der Waals surface area (Å²) in [5.41, 5.74) is 1.23. The van der Waals surface area contributed by atoms with Crippen molar-refractivity contribution in [1.29, 1.82) is 0 Å². The molecular weight excluding hydrogens is 138 g/mol. The molecule has 0 unspecified atom stereocenters. The molecule has 0 radical (unpaired) electrons. The number of hydrogen-bond acceptors (Lipinski definition) is 2. The molecule has 0 aliphatic heterocycles. The second-order valence-electron chi connectivity index (χ2n) is 4.06. The third-order valence-corrected chi connectivity index (χ3v) is 1.50. The topological polar surface area (TPSA) is 21.6 Å². The highest BCUT2D eigenvalue weighted by atomic mass is 16.6. The second-order valence-corrected chi connectivity index (χ2v) is 4.06. The first-order valence-corrected chi connectivity index (χ1v) is 4.01. The molecule has 0 heterocycles. The quantitative estimate of drug-likeness (QED) is 0.446. The summed E-state index contributed by atoms with van der Waals surface area (Å²) in [5.74, 6) is 0.454. The number of hydrogen-bond donors (Lipinski definition) is 0. The maximum absolute atomic E-state index is 4.78. The average Bonchev–Trinajstić information content (AvgIpc) is 1.79. The van der Waals surface area contributed by atoms with Gasteiger partial charge in [-0.05, 0) is 5.92 Å². The van der Waals surface area contributed by atoms with E-state index in [-0.39, 0.29) is 5.41 Å². The van der Waals surface area contributed by atoms with Crippen LogP contribution in [0.25, 0.3) is 0 Å². The molecule has 66 valence electrons. The van der Waals surface area contributed by atoms with Crippen LogP contribution >= 0.6 is 0 Å².